The van der Waals surface area contributed by atoms with Crippen LogP contribution < -0.4 is 16.0 Å². The van der Waals surface area contributed by atoms with Gasteiger partial charge in [-0.05, 0) is 31.4 Å². The topological polar surface area (TPSA) is 154 Å². The quantitative estimate of drug-likeness (QED) is 0.322. The standard InChI is InChI=1S/C21H28BN5O5/c1-13(2)10-18(22(31)32)27-21(30)17(26-20(29)16-11-23-8-9-24-16)12-25-19(28)15-6-4-14(3)5-7-15/h4-9,11,13,17-18,31-32H,10,12H2,1-3H3,(H,25,28)(H,26,29)(H,27,30)/t17-,18-/m0/s1. The highest BCUT2D eigenvalue weighted by atomic mass is 16.4. The van der Waals surface area contributed by atoms with Crippen molar-refractivity contribution in [3.05, 3.63) is 59.7 Å². The zero-order valence-corrected chi connectivity index (χ0v) is 18.3. The molecule has 0 unspecified atom stereocenters. The number of amides is 3. The van der Waals surface area contributed by atoms with E-state index in [2.05, 4.69) is 25.9 Å². The van der Waals surface area contributed by atoms with Crippen molar-refractivity contribution < 1.29 is 24.4 Å². The van der Waals surface area contributed by atoms with Gasteiger partial charge in [-0.3, -0.25) is 19.4 Å². The Morgan fingerprint density at radius 3 is 2.28 bits per heavy atom. The lowest BCUT2D eigenvalue weighted by molar-refractivity contribution is -0.123. The number of hydrogen-bond acceptors (Lipinski definition) is 7. The molecule has 1 aromatic heterocycles. The van der Waals surface area contributed by atoms with Gasteiger partial charge in [-0.25, -0.2) is 4.98 Å². The summed E-state index contributed by atoms with van der Waals surface area (Å²) in [6.07, 6.45) is 4.30. The minimum absolute atomic E-state index is 0.00363. The van der Waals surface area contributed by atoms with Crippen LogP contribution in [0.25, 0.3) is 0 Å². The van der Waals surface area contributed by atoms with Crippen molar-refractivity contribution in [2.24, 2.45) is 5.92 Å². The molecule has 0 fully saturated rings. The molecule has 0 saturated carbocycles. The van der Waals surface area contributed by atoms with E-state index in [-0.39, 0.29) is 18.2 Å². The maximum Gasteiger partial charge on any atom is 0.475 e. The number of hydrogen-bond donors (Lipinski definition) is 5. The van der Waals surface area contributed by atoms with E-state index in [1.807, 2.05) is 20.8 Å². The molecular weight excluding hydrogens is 413 g/mol. The molecule has 1 heterocycles. The summed E-state index contributed by atoms with van der Waals surface area (Å²) in [4.78, 5) is 45.5. The van der Waals surface area contributed by atoms with Crippen molar-refractivity contribution in [1.82, 2.24) is 25.9 Å². The van der Waals surface area contributed by atoms with Crippen molar-refractivity contribution in [2.75, 3.05) is 6.54 Å². The summed E-state index contributed by atoms with van der Waals surface area (Å²) < 4.78 is 0. The van der Waals surface area contributed by atoms with Crippen LogP contribution in [0.2, 0.25) is 0 Å². The van der Waals surface area contributed by atoms with Gasteiger partial charge < -0.3 is 26.0 Å². The molecule has 2 atom stereocenters. The number of carbonyl (C=O) groups excluding carboxylic acids is 3. The smallest absolute Gasteiger partial charge is 0.426 e. The molecule has 3 amide bonds. The van der Waals surface area contributed by atoms with E-state index >= 15 is 0 Å². The van der Waals surface area contributed by atoms with Crippen LogP contribution in [0.4, 0.5) is 0 Å². The van der Waals surface area contributed by atoms with Crippen molar-refractivity contribution in [3.63, 3.8) is 0 Å². The zero-order valence-electron chi connectivity index (χ0n) is 18.3. The molecule has 170 valence electrons. The number of rotatable bonds is 10. The zero-order chi connectivity index (χ0) is 23.7. The first kappa shape index (κ1) is 25.0. The molecule has 0 aliphatic carbocycles. The van der Waals surface area contributed by atoms with E-state index in [1.54, 1.807) is 24.3 Å². The van der Waals surface area contributed by atoms with E-state index in [0.717, 1.165) is 5.56 Å². The van der Waals surface area contributed by atoms with E-state index in [0.29, 0.717) is 12.0 Å². The molecule has 0 saturated heterocycles. The third-order valence-electron chi connectivity index (χ3n) is 4.61. The average molecular weight is 441 g/mol. The molecule has 0 aliphatic rings. The van der Waals surface area contributed by atoms with Gasteiger partial charge in [-0.1, -0.05) is 31.5 Å². The molecule has 1 aromatic carbocycles. The SMILES string of the molecule is Cc1ccc(C(=O)NC[C@H](NC(=O)c2cnccn2)C(=O)N[C@@H](CC(C)C)B(O)O)cc1. The van der Waals surface area contributed by atoms with Gasteiger partial charge in [-0.15, -0.1) is 0 Å². The number of benzene rings is 1. The maximum absolute atomic E-state index is 12.9. The second kappa shape index (κ2) is 11.9. The Bertz CT molecular complexity index is 909. The van der Waals surface area contributed by atoms with Crippen molar-refractivity contribution in [1.29, 1.82) is 0 Å². The van der Waals surface area contributed by atoms with Crippen LogP contribution >= 0.6 is 0 Å². The van der Waals surface area contributed by atoms with Gasteiger partial charge in [0.05, 0.1) is 12.1 Å². The highest BCUT2D eigenvalue weighted by Gasteiger charge is 2.30. The second-order valence-corrected chi connectivity index (χ2v) is 7.85. The maximum atomic E-state index is 12.9. The summed E-state index contributed by atoms with van der Waals surface area (Å²) >= 11 is 0. The summed E-state index contributed by atoms with van der Waals surface area (Å²) in [7, 11) is -1.78. The Morgan fingerprint density at radius 1 is 1.03 bits per heavy atom. The Kier molecular flexibility index (Phi) is 9.30. The number of nitrogens with one attached hydrogen (secondary N) is 3. The second-order valence-electron chi connectivity index (χ2n) is 7.85. The summed E-state index contributed by atoms with van der Waals surface area (Å²) in [5.41, 5.74) is 1.39. The first-order valence-electron chi connectivity index (χ1n) is 10.3. The Balaban J connectivity index is 2.13. The normalized spacial score (nSPS) is 12.6. The van der Waals surface area contributed by atoms with Crippen LogP contribution in [-0.4, -0.2) is 63.4 Å². The summed E-state index contributed by atoms with van der Waals surface area (Å²) in [6.45, 7) is 5.42. The van der Waals surface area contributed by atoms with E-state index < -0.39 is 36.8 Å². The Hall–Kier alpha value is -3.31. The predicted molar refractivity (Wildman–Crippen MR) is 118 cm³/mol. The first-order valence-corrected chi connectivity index (χ1v) is 10.3. The van der Waals surface area contributed by atoms with Gasteiger partial charge >= 0.3 is 7.12 Å². The lowest BCUT2D eigenvalue weighted by Crippen LogP contribution is -2.57. The molecule has 0 spiro atoms. The van der Waals surface area contributed by atoms with Crippen LogP contribution in [0.15, 0.2) is 42.9 Å². The Morgan fingerprint density at radius 2 is 1.72 bits per heavy atom. The lowest BCUT2D eigenvalue weighted by atomic mass is 9.75. The van der Waals surface area contributed by atoms with Crippen molar-refractivity contribution >= 4 is 24.8 Å². The molecule has 0 aliphatic heterocycles. The van der Waals surface area contributed by atoms with Gasteiger partial charge in [0, 0.05) is 24.5 Å². The fraction of sp³-hybridized carbons (Fsp3) is 0.381. The lowest BCUT2D eigenvalue weighted by Gasteiger charge is -2.24. The summed E-state index contributed by atoms with van der Waals surface area (Å²) in [5.74, 6) is -2.61. The minimum atomic E-state index is -1.78. The fourth-order valence-electron chi connectivity index (χ4n) is 2.91. The monoisotopic (exact) mass is 441 g/mol. The average Bonchev–Trinajstić information content (AvgIpc) is 2.76. The van der Waals surface area contributed by atoms with Crippen molar-refractivity contribution in [2.45, 2.75) is 39.2 Å². The van der Waals surface area contributed by atoms with Gasteiger partial charge in [0.2, 0.25) is 5.91 Å². The first-order chi connectivity index (χ1) is 15.2. The van der Waals surface area contributed by atoms with E-state index in [1.165, 1.54) is 18.6 Å². The number of aromatic nitrogens is 2. The Labute approximate surface area is 187 Å². The van der Waals surface area contributed by atoms with Gasteiger partial charge in [0.15, 0.2) is 0 Å². The van der Waals surface area contributed by atoms with Gasteiger partial charge in [0.25, 0.3) is 11.8 Å². The number of aryl methyl sites for hydroxylation is 1. The molecular formula is C21H28BN5O5. The van der Waals surface area contributed by atoms with Crippen LogP contribution in [0.5, 0.6) is 0 Å². The van der Waals surface area contributed by atoms with E-state index in [9.17, 15) is 24.4 Å². The van der Waals surface area contributed by atoms with Gasteiger partial charge in [0.1, 0.15) is 11.7 Å². The molecule has 2 aromatic rings. The van der Waals surface area contributed by atoms with Crippen LogP contribution in [0.3, 0.4) is 0 Å². The minimum Gasteiger partial charge on any atom is -0.426 e. The highest BCUT2D eigenvalue weighted by Crippen LogP contribution is 2.07. The summed E-state index contributed by atoms with van der Waals surface area (Å²) in [6, 6.07) is 5.69. The third kappa shape index (κ3) is 7.75. The van der Waals surface area contributed by atoms with Crippen LogP contribution in [0, 0.1) is 12.8 Å². The molecule has 2 rings (SSSR count). The predicted octanol–water partition coefficient (Wildman–Crippen LogP) is -0.144. The number of carbonyl (C=O) groups is 3. The molecule has 5 N–H and O–H groups in total. The largest absolute Gasteiger partial charge is 0.475 e. The fourth-order valence-corrected chi connectivity index (χ4v) is 2.91. The van der Waals surface area contributed by atoms with Crippen LogP contribution in [-0.2, 0) is 4.79 Å². The molecule has 32 heavy (non-hydrogen) atoms. The molecule has 10 nitrogen and oxygen atoms in total. The highest BCUT2D eigenvalue weighted by molar-refractivity contribution is 6.43. The molecule has 0 bridgehead atoms. The molecule has 11 heteroatoms. The van der Waals surface area contributed by atoms with Crippen LogP contribution in [0.1, 0.15) is 46.7 Å². The summed E-state index contributed by atoms with van der Waals surface area (Å²) in [5, 5.41) is 26.9. The molecule has 0 radical (unpaired) electrons. The van der Waals surface area contributed by atoms with Gasteiger partial charge in [-0.2, -0.15) is 0 Å². The van der Waals surface area contributed by atoms with Crippen molar-refractivity contribution in [3.8, 4) is 0 Å². The third-order valence-corrected chi connectivity index (χ3v) is 4.61. The number of nitrogens with zero attached hydrogens (tertiary/aromatic N) is 2. The van der Waals surface area contributed by atoms with E-state index in [4.69, 9.17) is 0 Å².